The Morgan fingerprint density at radius 3 is 2.52 bits per heavy atom. The molecule has 21 heavy (non-hydrogen) atoms. The number of nitro groups is 1. The van der Waals surface area contributed by atoms with Crippen molar-refractivity contribution in [2.24, 2.45) is 11.8 Å². The summed E-state index contributed by atoms with van der Waals surface area (Å²) in [5.74, 6) is 5.35. The van der Waals surface area contributed by atoms with E-state index in [1.807, 2.05) is 6.92 Å². The summed E-state index contributed by atoms with van der Waals surface area (Å²) in [6, 6.07) is 4.14. The molecule has 0 aliphatic carbocycles. The van der Waals surface area contributed by atoms with Crippen LogP contribution in [0.4, 0.5) is 11.4 Å². The SMILES string of the molecule is CC(C)CC(C)N(C)C(=O)c1cc(NN)ccc1[N+](=O)[O-]. The molecule has 1 rings (SSSR count). The maximum atomic E-state index is 12.5. The summed E-state index contributed by atoms with van der Waals surface area (Å²) in [6.45, 7) is 6.06. The van der Waals surface area contributed by atoms with Crippen LogP contribution >= 0.6 is 0 Å². The first-order valence-electron chi connectivity index (χ1n) is 6.80. The van der Waals surface area contributed by atoms with Gasteiger partial charge in [-0.3, -0.25) is 20.8 Å². The van der Waals surface area contributed by atoms with Gasteiger partial charge < -0.3 is 10.3 Å². The Hall–Kier alpha value is -2.15. The fourth-order valence-corrected chi connectivity index (χ4v) is 2.19. The third-order valence-corrected chi connectivity index (χ3v) is 3.38. The van der Waals surface area contributed by atoms with Gasteiger partial charge in [0.15, 0.2) is 0 Å². The van der Waals surface area contributed by atoms with Gasteiger partial charge in [0.1, 0.15) is 5.56 Å². The molecule has 0 bridgehead atoms. The molecule has 0 aliphatic heterocycles. The van der Waals surface area contributed by atoms with E-state index in [9.17, 15) is 14.9 Å². The zero-order valence-corrected chi connectivity index (χ0v) is 12.8. The highest BCUT2D eigenvalue weighted by Crippen LogP contribution is 2.24. The van der Waals surface area contributed by atoms with E-state index < -0.39 is 4.92 Å². The maximum absolute atomic E-state index is 12.5. The Balaban J connectivity index is 3.12. The minimum Gasteiger partial charge on any atom is -0.339 e. The molecule has 0 aliphatic rings. The molecule has 0 spiro atoms. The quantitative estimate of drug-likeness (QED) is 0.476. The lowest BCUT2D eigenvalue weighted by Gasteiger charge is -2.26. The number of hydrogen-bond donors (Lipinski definition) is 2. The number of rotatable bonds is 6. The molecular weight excluding hydrogens is 272 g/mol. The van der Waals surface area contributed by atoms with E-state index in [0.717, 1.165) is 6.42 Å². The molecule has 0 heterocycles. The number of nitrogens with zero attached hydrogens (tertiary/aromatic N) is 2. The first kappa shape index (κ1) is 16.9. The molecule has 0 radical (unpaired) electrons. The van der Waals surface area contributed by atoms with Crippen molar-refractivity contribution in [2.45, 2.75) is 33.2 Å². The van der Waals surface area contributed by atoms with E-state index in [4.69, 9.17) is 5.84 Å². The fourth-order valence-electron chi connectivity index (χ4n) is 2.19. The Kier molecular flexibility index (Phi) is 5.66. The predicted molar refractivity (Wildman–Crippen MR) is 81.9 cm³/mol. The van der Waals surface area contributed by atoms with E-state index in [1.54, 1.807) is 7.05 Å². The summed E-state index contributed by atoms with van der Waals surface area (Å²) in [5.41, 5.74) is 2.66. The second-order valence-electron chi connectivity index (χ2n) is 5.53. The van der Waals surface area contributed by atoms with Gasteiger partial charge in [0.05, 0.1) is 4.92 Å². The average molecular weight is 294 g/mol. The molecule has 1 atom stereocenters. The Morgan fingerprint density at radius 1 is 1.43 bits per heavy atom. The van der Waals surface area contributed by atoms with Crippen molar-refractivity contribution < 1.29 is 9.72 Å². The third kappa shape index (κ3) is 4.16. The van der Waals surface area contributed by atoms with E-state index >= 15 is 0 Å². The largest absolute Gasteiger partial charge is 0.339 e. The summed E-state index contributed by atoms with van der Waals surface area (Å²) >= 11 is 0. The van der Waals surface area contributed by atoms with Gasteiger partial charge in [-0.05, 0) is 31.4 Å². The monoisotopic (exact) mass is 294 g/mol. The van der Waals surface area contributed by atoms with E-state index in [2.05, 4.69) is 19.3 Å². The molecule has 0 aromatic heterocycles. The summed E-state index contributed by atoms with van der Waals surface area (Å²) < 4.78 is 0. The molecule has 1 amide bonds. The minimum atomic E-state index is -0.561. The molecule has 7 nitrogen and oxygen atoms in total. The van der Waals surface area contributed by atoms with Crippen LogP contribution in [0.3, 0.4) is 0 Å². The number of carbonyl (C=O) groups excluding carboxylic acids is 1. The summed E-state index contributed by atoms with van der Waals surface area (Å²) in [4.78, 5) is 24.6. The maximum Gasteiger partial charge on any atom is 0.282 e. The van der Waals surface area contributed by atoms with Crippen LogP contribution in [0.5, 0.6) is 0 Å². The van der Waals surface area contributed by atoms with Crippen molar-refractivity contribution in [1.82, 2.24) is 4.90 Å². The second-order valence-corrected chi connectivity index (χ2v) is 5.53. The molecule has 3 N–H and O–H groups in total. The van der Waals surface area contributed by atoms with Gasteiger partial charge >= 0.3 is 0 Å². The zero-order valence-electron chi connectivity index (χ0n) is 12.8. The number of carbonyl (C=O) groups is 1. The lowest BCUT2D eigenvalue weighted by molar-refractivity contribution is -0.385. The van der Waals surface area contributed by atoms with Crippen molar-refractivity contribution >= 4 is 17.3 Å². The highest BCUT2D eigenvalue weighted by Gasteiger charge is 2.26. The van der Waals surface area contributed by atoms with Gasteiger partial charge in [-0.2, -0.15) is 0 Å². The van der Waals surface area contributed by atoms with Crippen LogP contribution in [0, 0.1) is 16.0 Å². The van der Waals surface area contributed by atoms with Crippen molar-refractivity contribution in [2.75, 3.05) is 12.5 Å². The molecule has 0 saturated heterocycles. The fraction of sp³-hybridized carbons (Fsp3) is 0.500. The van der Waals surface area contributed by atoms with Crippen LogP contribution in [-0.2, 0) is 0 Å². The van der Waals surface area contributed by atoms with Gasteiger partial charge in [0.2, 0.25) is 0 Å². The summed E-state index contributed by atoms with van der Waals surface area (Å²) in [7, 11) is 1.65. The standard InChI is InChI=1S/C14H22N4O3/c1-9(2)7-10(3)17(4)14(19)12-8-11(16-15)5-6-13(12)18(20)21/h5-6,8-10,16H,7,15H2,1-4H3. The van der Waals surface area contributed by atoms with Gasteiger partial charge in [-0.1, -0.05) is 13.8 Å². The van der Waals surface area contributed by atoms with E-state index in [0.29, 0.717) is 11.6 Å². The number of nitrogens with one attached hydrogen (secondary N) is 1. The molecule has 1 aromatic rings. The number of hydrazine groups is 1. The van der Waals surface area contributed by atoms with E-state index in [1.165, 1.54) is 23.1 Å². The van der Waals surface area contributed by atoms with Crippen LogP contribution < -0.4 is 11.3 Å². The Morgan fingerprint density at radius 2 is 2.05 bits per heavy atom. The molecule has 0 saturated carbocycles. The number of amides is 1. The van der Waals surface area contributed by atoms with Crippen molar-refractivity contribution in [3.63, 3.8) is 0 Å². The smallest absolute Gasteiger partial charge is 0.282 e. The van der Waals surface area contributed by atoms with Crippen molar-refractivity contribution in [3.8, 4) is 0 Å². The number of nitro benzene ring substituents is 1. The third-order valence-electron chi connectivity index (χ3n) is 3.38. The molecule has 1 unspecified atom stereocenters. The van der Waals surface area contributed by atoms with Crippen LogP contribution in [0.2, 0.25) is 0 Å². The Labute approximate surface area is 124 Å². The number of hydrogen-bond acceptors (Lipinski definition) is 5. The highest BCUT2D eigenvalue weighted by atomic mass is 16.6. The molecule has 1 aromatic carbocycles. The van der Waals surface area contributed by atoms with Crippen molar-refractivity contribution in [3.05, 3.63) is 33.9 Å². The van der Waals surface area contributed by atoms with Crippen LogP contribution in [0.25, 0.3) is 0 Å². The Bertz CT molecular complexity index is 531. The lowest BCUT2D eigenvalue weighted by Crippen LogP contribution is -2.36. The zero-order chi connectivity index (χ0) is 16.2. The highest BCUT2D eigenvalue weighted by molar-refractivity contribution is 5.99. The summed E-state index contributed by atoms with van der Waals surface area (Å²) in [6.07, 6.45) is 0.824. The molecule has 116 valence electrons. The average Bonchev–Trinajstić information content (AvgIpc) is 2.44. The van der Waals surface area contributed by atoms with Crippen LogP contribution in [-0.4, -0.2) is 28.8 Å². The van der Waals surface area contributed by atoms with E-state index in [-0.39, 0.29) is 23.2 Å². The van der Waals surface area contributed by atoms with Crippen LogP contribution in [0.15, 0.2) is 18.2 Å². The number of anilines is 1. The van der Waals surface area contributed by atoms with Crippen molar-refractivity contribution in [1.29, 1.82) is 0 Å². The first-order valence-corrected chi connectivity index (χ1v) is 6.80. The van der Waals surface area contributed by atoms with Gasteiger partial charge in [-0.25, -0.2) is 0 Å². The number of nitrogens with two attached hydrogens (primary N) is 1. The van der Waals surface area contributed by atoms with Gasteiger partial charge in [0.25, 0.3) is 11.6 Å². The second kappa shape index (κ2) is 7.03. The lowest BCUT2D eigenvalue weighted by atomic mass is 10.0. The normalized spacial score (nSPS) is 12.1. The minimum absolute atomic E-state index is 0.00778. The predicted octanol–water partition coefficient (Wildman–Crippen LogP) is 2.39. The topological polar surface area (TPSA) is 102 Å². The molecule has 7 heteroatoms. The molecule has 0 fully saturated rings. The first-order chi connectivity index (χ1) is 9.77. The van der Waals surface area contributed by atoms with Gasteiger partial charge in [0, 0.05) is 24.8 Å². The summed E-state index contributed by atoms with van der Waals surface area (Å²) in [5, 5.41) is 11.1. The molecular formula is C14H22N4O3. The number of benzene rings is 1. The number of nitrogen functional groups attached to an aromatic ring is 1. The van der Waals surface area contributed by atoms with Gasteiger partial charge in [-0.15, -0.1) is 0 Å². The van der Waals surface area contributed by atoms with Crippen LogP contribution in [0.1, 0.15) is 37.6 Å².